The first kappa shape index (κ1) is 16.6. The van der Waals surface area contributed by atoms with Crippen LogP contribution in [0.5, 0.6) is 11.5 Å². The molecule has 0 unspecified atom stereocenters. The summed E-state index contributed by atoms with van der Waals surface area (Å²) in [6.45, 7) is 1.99. The molecule has 6 heteroatoms. The van der Waals surface area contributed by atoms with E-state index in [2.05, 4.69) is 29.3 Å². The zero-order valence-electron chi connectivity index (χ0n) is 13.5. The fourth-order valence-electron chi connectivity index (χ4n) is 2.08. The highest BCUT2D eigenvalue weighted by Gasteiger charge is 2.11. The van der Waals surface area contributed by atoms with E-state index >= 15 is 0 Å². The molecule has 1 aromatic carbocycles. The second kappa shape index (κ2) is 8.00. The summed E-state index contributed by atoms with van der Waals surface area (Å²) in [7, 11) is 7.47. The van der Waals surface area contributed by atoms with E-state index in [4.69, 9.17) is 9.47 Å². The van der Waals surface area contributed by atoms with E-state index in [0.717, 1.165) is 47.4 Å². The van der Waals surface area contributed by atoms with Gasteiger partial charge in [0.1, 0.15) is 11.5 Å². The number of nitrogens with one attached hydrogen (secondary N) is 1. The number of methoxy groups -OCH3 is 2. The van der Waals surface area contributed by atoms with E-state index in [0.29, 0.717) is 0 Å². The van der Waals surface area contributed by atoms with Gasteiger partial charge < -0.3 is 19.7 Å². The van der Waals surface area contributed by atoms with Crippen molar-refractivity contribution in [2.75, 3.05) is 46.7 Å². The minimum absolute atomic E-state index is 0.767. The van der Waals surface area contributed by atoms with Gasteiger partial charge in [0.25, 0.3) is 0 Å². The standard InChI is InChI=1S/C16H23N3O2S/c1-19(2)9-5-8-17-16-18-14(11-22-16)13-7-6-12(20-3)10-15(13)21-4/h6-7,10-11H,5,8-9H2,1-4H3,(H,17,18). The summed E-state index contributed by atoms with van der Waals surface area (Å²) in [6.07, 6.45) is 1.09. The van der Waals surface area contributed by atoms with Crippen LogP contribution in [-0.4, -0.2) is 51.3 Å². The van der Waals surface area contributed by atoms with Gasteiger partial charge in [0.15, 0.2) is 5.13 Å². The molecule has 0 saturated heterocycles. The molecule has 0 bridgehead atoms. The minimum Gasteiger partial charge on any atom is -0.497 e. The number of aromatic nitrogens is 1. The molecule has 0 saturated carbocycles. The molecule has 0 aliphatic carbocycles. The summed E-state index contributed by atoms with van der Waals surface area (Å²) >= 11 is 1.61. The predicted molar refractivity (Wildman–Crippen MR) is 92.3 cm³/mol. The van der Waals surface area contributed by atoms with Crippen LogP contribution in [0.1, 0.15) is 6.42 Å². The molecule has 120 valence electrons. The molecule has 1 N–H and O–H groups in total. The van der Waals surface area contributed by atoms with E-state index in [9.17, 15) is 0 Å². The minimum atomic E-state index is 0.767. The Morgan fingerprint density at radius 2 is 2.05 bits per heavy atom. The maximum Gasteiger partial charge on any atom is 0.183 e. The number of benzene rings is 1. The van der Waals surface area contributed by atoms with Gasteiger partial charge in [-0.05, 0) is 39.2 Å². The van der Waals surface area contributed by atoms with E-state index in [-0.39, 0.29) is 0 Å². The van der Waals surface area contributed by atoms with Crippen LogP contribution >= 0.6 is 11.3 Å². The van der Waals surface area contributed by atoms with Crippen molar-refractivity contribution >= 4 is 16.5 Å². The van der Waals surface area contributed by atoms with Gasteiger partial charge in [-0.1, -0.05) is 0 Å². The number of rotatable bonds is 8. The van der Waals surface area contributed by atoms with Crippen molar-refractivity contribution in [2.45, 2.75) is 6.42 Å². The molecule has 5 nitrogen and oxygen atoms in total. The van der Waals surface area contributed by atoms with Crippen molar-refractivity contribution in [2.24, 2.45) is 0 Å². The largest absolute Gasteiger partial charge is 0.497 e. The molecule has 0 amide bonds. The maximum absolute atomic E-state index is 5.44. The van der Waals surface area contributed by atoms with Crippen LogP contribution in [0.4, 0.5) is 5.13 Å². The lowest BCUT2D eigenvalue weighted by molar-refractivity contribution is 0.395. The van der Waals surface area contributed by atoms with Crippen molar-refractivity contribution in [3.63, 3.8) is 0 Å². The number of hydrogen-bond donors (Lipinski definition) is 1. The van der Waals surface area contributed by atoms with Crippen LogP contribution in [0.15, 0.2) is 23.6 Å². The Bertz CT molecular complexity index is 599. The second-order valence-electron chi connectivity index (χ2n) is 5.19. The molecule has 0 aliphatic heterocycles. The third-order valence-electron chi connectivity index (χ3n) is 3.25. The van der Waals surface area contributed by atoms with E-state index in [1.54, 1.807) is 25.6 Å². The highest BCUT2D eigenvalue weighted by Crippen LogP contribution is 2.34. The first-order valence-electron chi connectivity index (χ1n) is 7.20. The summed E-state index contributed by atoms with van der Waals surface area (Å²) < 4.78 is 10.7. The highest BCUT2D eigenvalue weighted by molar-refractivity contribution is 7.14. The fourth-order valence-corrected chi connectivity index (χ4v) is 2.82. The van der Waals surface area contributed by atoms with Crippen LogP contribution in [0, 0.1) is 0 Å². The molecule has 2 aromatic rings. The van der Waals surface area contributed by atoms with Crippen LogP contribution in [0.25, 0.3) is 11.3 Å². The molecule has 0 radical (unpaired) electrons. The average Bonchev–Trinajstić information content (AvgIpc) is 2.99. The summed E-state index contributed by atoms with van der Waals surface area (Å²) in [5.41, 5.74) is 1.89. The van der Waals surface area contributed by atoms with Crippen LogP contribution in [0.2, 0.25) is 0 Å². The maximum atomic E-state index is 5.44. The topological polar surface area (TPSA) is 46.6 Å². The predicted octanol–water partition coefficient (Wildman–Crippen LogP) is 3.19. The molecule has 0 aliphatic rings. The first-order chi connectivity index (χ1) is 10.6. The zero-order chi connectivity index (χ0) is 15.9. The first-order valence-corrected chi connectivity index (χ1v) is 8.08. The second-order valence-corrected chi connectivity index (χ2v) is 6.05. The highest BCUT2D eigenvalue weighted by atomic mass is 32.1. The van der Waals surface area contributed by atoms with E-state index in [1.165, 1.54) is 0 Å². The van der Waals surface area contributed by atoms with Crippen molar-refractivity contribution in [3.8, 4) is 22.8 Å². The average molecular weight is 321 g/mol. The monoisotopic (exact) mass is 321 g/mol. The van der Waals surface area contributed by atoms with Crippen molar-refractivity contribution in [1.82, 2.24) is 9.88 Å². The van der Waals surface area contributed by atoms with E-state index in [1.807, 2.05) is 23.6 Å². The number of nitrogens with zero attached hydrogens (tertiary/aromatic N) is 2. The molecule has 2 rings (SSSR count). The number of hydrogen-bond acceptors (Lipinski definition) is 6. The molecule has 0 fully saturated rings. The summed E-state index contributed by atoms with van der Waals surface area (Å²) in [6, 6.07) is 5.77. The lowest BCUT2D eigenvalue weighted by Crippen LogP contribution is -2.16. The molecule has 1 aromatic heterocycles. The fraction of sp³-hybridized carbons (Fsp3) is 0.438. The summed E-state index contributed by atoms with van der Waals surface area (Å²) in [4.78, 5) is 6.81. The van der Waals surface area contributed by atoms with Gasteiger partial charge in [0, 0.05) is 23.6 Å². The Balaban J connectivity index is 2.04. The van der Waals surface area contributed by atoms with Crippen molar-refractivity contribution < 1.29 is 9.47 Å². The number of ether oxygens (including phenoxy) is 2. The lowest BCUT2D eigenvalue weighted by atomic mass is 10.1. The smallest absolute Gasteiger partial charge is 0.183 e. The molecular formula is C16H23N3O2S. The van der Waals surface area contributed by atoms with E-state index < -0.39 is 0 Å². The Labute approximate surface area is 135 Å². The Morgan fingerprint density at radius 3 is 2.73 bits per heavy atom. The normalized spacial score (nSPS) is 10.8. The van der Waals surface area contributed by atoms with Gasteiger partial charge in [0.05, 0.1) is 19.9 Å². The van der Waals surface area contributed by atoms with Gasteiger partial charge in [-0.25, -0.2) is 4.98 Å². The van der Waals surface area contributed by atoms with Crippen LogP contribution < -0.4 is 14.8 Å². The number of thiazole rings is 1. The molecular weight excluding hydrogens is 298 g/mol. The summed E-state index contributed by atoms with van der Waals surface area (Å²) in [5.74, 6) is 1.54. The molecule has 22 heavy (non-hydrogen) atoms. The Kier molecular flexibility index (Phi) is 6.03. The number of anilines is 1. The Morgan fingerprint density at radius 1 is 1.23 bits per heavy atom. The van der Waals surface area contributed by atoms with Crippen molar-refractivity contribution in [1.29, 1.82) is 0 Å². The van der Waals surface area contributed by atoms with Gasteiger partial charge in [-0.3, -0.25) is 0 Å². The third kappa shape index (κ3) is 4.35. The molecule has 0 atom stereocenters. The van der Waals surface area contributed by atoms with Gasteiger partial charge in [-0.15, -0.1) is 11.3 Å². The zero-order valence-corrected chi connectivity index (χ0v) is 14.4. The SMILES string of the molecule is COc1ccc(-c2csc(NCCCN(C)C)n2)c(OC)c1. The van der Waals surface area contributed by atoms with Crippen LogP contribution in [0.3, 0.4) is 0 Å². The van der Waals surface area contributed by atoms with Crippen molar-refractivity contribution in [3.05, 3.63) is 23.6 Å². The van der Waals surface area contributed by atoms with Crippen LogP contribution in [-0.2, 0) is 0 Å². The Hall–Kier alpha value is -1.79. The van der Waals surface area contributed by atoms with Gasteiger partial charge in [0.2, 0.25) is 0 Å². The summed E-state index contributed by atoms with van der Waals surface area (Å²) in [5, 5.41) is 6.34. The molecule has 0 spiro atoms. The lowest BCUT2D eigenvalue weighted by Gasteiger charge is -2.09. The quantitative estimate of drug-likeness (QED) is 0.757. The van der Waals surface area contributed by atoms with Gasteiger partial charge >= 0.3 is 0 Å². The molecule has 1 heterocycles. The third-order valence-corrected chi connectivity index (χ3v) is 4.05. The van der Waals surface area contributed by atoms with Gasteiger partial charge in [-0.2, -0.15) is 0 Å².